The molecule has 1 aliphatic rings. The van der Waals surface area contributed by atoms with E-state index in [9.17, 15) is 4.79 Å². The Morgan fingerprint density at radius 1 is 1.44 bits per heavy atom. The molecule has 0 spiro atoms. The molecule has 1 aliphatic carbocycles. The Morgan fingerprint density at radius 2 is 2.22 bits per heavy atom. The van der Waals surface area contributed by atoms with Crippen molar-refractivity contribution in [1.82, 2.24) is 5.32 Å². The highest BCUT2D eigenvalue weighted by molar-refractivity contribution is 6.34. The van der Waals surface area contributed by atoms with Crippen LogP contribution < -0.4 is 11.1 Å². The number of hydrogen-bond donors (Lipinski definition) is 2. The minimum absolute atomic E-state index is 0.0981. The molecule has 2 rings (SSSR count). The van der Waals surface area contributed by atoms with E-state index in [0.717, 1.165) is 12.8 Å². The number of rotatable bonds is 2. The minimum Gasteiger partial charge on any atom is -0.399 e. The third-order valence-corrected chi connectivity index (χ3v) is 3.82. The summed E-state index contributed by atoms with van der Waals surface area (Å²) in [6.07, 6.45) is 4.55. The molecule has 1 aromatic rings. The normalized spacial score (nSPS) is 23.7. The molecule has 2 atom stereocenters. The number of carbonyl (C=O) groups is 1. The molecular weight excluding hydrogens is 248 g/mol. The van der Waals surface area contributed by atoms with Crippen LogP contribution in [0.15, 0.2) is 18.2 Å². The summed E-state index contributed by atoms with van der Waals surface area (Å²) in [4.78, 5) is 12.1. The van der Waals surface area contributed by atoms with E-state index >= 15 is 0 Å². The van der Waals surface area contributed by atoms with Gasteiger partial charge in [-0.1, -0.05) is 31.4 Å². The van der Waals surface area contributed by atoms with Crippen molar-refractivity contribution in [3.8, 4) is 0 Å². The zero-order valence-corrected chi connectivity index (χ0v) is 11.3. The van der Waals surface area contributed by atoms with Gasteiger partial charge in [0.2, 0.25) is 0 Å². The summed E-state index contributed by atoms with van der Waals surface area (Å²) >= 11 is 6.03. The number of amides is 1. The average Bonchev–Trinajstić information content (AvgIpc) is 2.28. The summed E-state index contributed by atoms with van der Waals surface area (Å²) in [5.41, 5.74) is 6.69. The average molecular weight is 267 g/mol. The fraction of sp³-hybridized carbons (Fsp3) is 0.500. The van der Waals surface area contributed by atoms with Gasteiger partial charge in [0.1, 0.15) is 0 Å². The summed E-state index contributed by atoms with van der Waals surface area (Å²) in [5.74, 6) is 0.588. The van der Waals surface area contributed by atoms with Gasteiger partial charge in [-0.05, 0) is 37.0 Å². The van der Waals surface area contributed by atoms with E-state index in [1.807, 2.05) is 0 Å². The van der Waals surface area contributed by atoms with Gasteiger partial charge in [-0.2, -0.15) is 0 Å². The number of nitrogens with two attached hydrogens (primary N) is 1. The smallest absolute Gasteiger partial charge is 0.253 e. The van der Waals surface area contributed by atoms with Crippen molar-refractivity contribution in [3.05, 3.63) is 28.8 Å². The molecule has 3 N–H and O–H groups in total. The quantitative estimate of drug-likeness (QED) is 0.808. The first-order valence-corrected chi connectivity index (χ1v) is 6.80. The van der Waals surface area contributed by atoms with Crippen LogP contribution >= 0.6 is 11.6 Å². The first kappa shape index (κ1) is 13.2. The van der Waals surface area contributed by atoms with Crippen LogP contribution in [0.3, 0.4) is 0 Å². The molecule has 3 nitrogen and oxygen atoms in total. The van der Waals surface area contributed by atoms with Gasteiger partial charge in [-0.15, -0.1) is 0 Å². The third-order valence-electron chi connectivity index (χ3n) is 3.51. The van der Waals surface area contributed by atoms with Crippen LogP contribution in [0.4, 0.5) is 5.69 Å². The summed E-state index contributed by atoms with van der Waals surface area (Å²) in [7, 11) is 0. The lowest BCUT2D eigenvalue weighted by atomic mass is 9.87. The van der Waals surface area contributed by atoms with Gasteiger partial charge in [0.05, 0.1) is 10.6 Å². The Balaban J connectivity index is 2.03. The summed E-state index contributed by atoms with van der Waals surface area (Å²) in [6.45, 7) is 2.23. The van der Waals surface area contributed by atoms with E-state index in [2.05, 4.69) is 12.2 Å². The van der Waals surface area contributed by atoms with Gasteiger partial charge in [0, 0.05) is 11.7 Å². The molecule has 0 aliphatic heterocycles. The Bertz CT molecular complexity index is 447. The summed E-state index contributed by atoms with van der Waals surface area (Å²) < 4.78 is 0. The maximum atomic E-state index is 12.1. The van der Waals surface area contributed by atoms with Crippen LogP contribution in [0.1, 0.15) is 43.0 Å². The Kier molecular flexibility index (Phi) is 4.12. The molecule has 0 bridgehead atoms. The molecule has 0 radical (unpaired) electrons. The topological polar surface area (TPSA) is 55.1 Å². The van der Waals surface area contributed by atoms with Gasteiger partial charge < -0.3 is 11.1 Å². The van der Waals surface area contributed by atoms with Crippen molar-refractivity contribution in [1.29, 1.82) is 0 Å². The fourth-order valence-electron chi connectivity index (χ4n) is 2.54. The van der Waals surface area contributed by atoms with E-state index in [-0.39, 0.29) is 11.9 Å². The molecule has 1 fully saturated rings. The SMILES string of the molecule is CC1CCCC(NC(=O)c2ccc(N)cc2Cl)C1. The number of nitrogen functional groups attached to an aromatic ring is 1. The highest BCUT2D eigenvalue weighted by Crippen LogP contribution is 2.25. The lowest BCUT2D eigenvalue weighted by molar-refractivity contribution is 0.0921. The van der Waals surface area contributed by atoms with Crippen molar-refractivity contribution in [3.63, 3.8) is 0 Å². The van der Waals surface area contributed by atoms with Crippen molar-refractivity contribution in [2.45, 2.75) is 38.6 Å². The third kappa shape index (κ3) is 3.16. The molecule has 98 valence electrons. The second-order valence-corrected chi connectivity index (χ2v) is 5.59. The molecule has 1 amide bonds. The fourth-order valence-corrected chi connectivity index (χ4v) is 2.82. The molecule has 1 saturated carbocycles. The number of nitrogens with one attached hydrogen (secondary N) is 1. The number of benzene rings is 1. The largest absolute Gasteiger partial charge is 0.399 e. The van der Waals surface area contributed by atoms with Crippen LogP contribution in [0.2, 0.25) is 5.02 Å². The van der Waals surface area contributed by atoms with E-state index < -0.39 is 0 Å². The van der Waals surface area contributed by atoms with Crippen molar-refractivity contribution < 1.29 is 4.79 Å². The van der Waals surface area contributed by atoms with Crippen molar-refractivity contribution in [2.24, 2.45) is 5.92 Å². The van der Waals surface area contributed by atoms with Crippen LogP contribution in [0.5, 0.6) is 0 Å². The molecule has 2 unspecified atom stereocenters. The van der Waals surface area contributed by atoms with Crippen LogP contribution in [-0.4, -0.2) is 11.9 Å². The molecule has 0 aromatic heterocycles. The van der Waals surface area contributed by atoms with E-state index in [1.165, 1.54) is 12.8 Å². The number of anilines is 1. The van der Waals surface area contributed by atoms with Gasteiger partial charge in [0.15, 0.2) is 0 Å². The predicted octanol–water partition coefficient (Wildman–Crippen LogP) is 3.23. The van der Waals surface area contributed by atoms with Gasteiger partial charge in [0.25, 0.3) is 5.91 Å². The molecule has 0 saturated heterocycles. The molecule has 4 heteroatoms. The van der Waals surface area contributed by atoms with E-state index in [0.29, 0.717) is 22.2 Å². The molecular formula is C14H19ClN2O. The number of carbonyl (C=O) groups excluding carboxylic acids is 1. The highest BCUT2D eigenvalue weighted by atomic mass is 35.5. The van der Waals surface area contributed by atoms with Gasteiger partial charge >= 0.3 is 0 Å². The standard InChI is InChI=1S/C14H19ClN2O/c1-9-3-2-4-11(7-9)17-14(18)12-6-5-10(16)8-13(12)15/h5-6,8-9,11H,2-4,7,16H2,1H3,(H,17,18). The summed E-state index contributed by atoms with van der Waals surface area (Å²) in [5, 5.41) is 3.47. The monoisotopic (exact) mass is 266 g/mol. The van der Waals surface area contributed by atoms with Gasteiger partial charge in [-0.3, -0.25) is 4.79 Å². The van der Waals surface area contributed by atoms with Crippen molar-refractivity contribution >= 4 is 23.2 Å². The second-order valence-electron chi connectivity index (χ2n) is 5.18. The van der Waals surface area contributed by atoms with Crippen LogP contribution in [-0.2, 0) is 0 Å². The second kappa shape index (κ2) is 5.61. The van der Waals surface area contributed by atoms with Crippen LogP contribution in [0.25, 0.3) is 0 Å². The van der Waals surface area contributed by atoms with E-state index in [4.69, 9.17) is 17.3 Å². The zero-order valence-electron chi connectivity index (χ0n) is 10.6. The first-order valence-electron chi connectivity index (χ1n) is 6.42. The lowest BCUT2D eigenvalue weighted by Crippen LogP contribution is -2.38. The predicted molar refractivity (Wildman–Crippen MR) is 74.8 cm³/mol. The maximum absolute atomic E-state index is 12.1. The Labute approximate surface area is 113 Å². The maximum Gasteiger partial charge on any atom is 0.253 e. The molecule has 1 aromatic carbocycles. The number of hydrogen-bond acceptors (Lipinski definition) is 2. The zero-order chi connectivity index (χ0) is 13.1. The lowest BCUT2D eigenvalue weighted by Gasteiger charge is -2.27. The molecule has 18 heavy (non-hydrogen) atoms. The van der Waals surface area contributed by atoms with Crippen molar-refractivity contribution in [2.75, 3.05) is 5.73 Å². The first-order chi connectivity index (χ1) is 8.56. The van der Waals surface area contributed by atoms with E-state index in [1.54, 1.807) is 18.2 Å². The van der Waals surface area contributed by atoms with Crippen LogP contribution in [0, 0.1) is 5.92 Å². The van der Waals surface area contributed by atoms with Gasteiger partial charge in [-0.25, -0.2) is 0 Å². The highest BCUT2D eigenvalue weighted by Gasteiger charge is 2.21. The summed E-state index contributed by atoms with van der Waals surface area (Å²) in [6, 6.07) is 5.26. The number of halogens is 1. The molecule has 0 heterocycles. The Hall–Kier alpha value is -1.22. The Morgan fingerprint density at radius 3 is 2.89 bits per heavy atom. The minimum atomic E-state index is -0.0981.